The van der Waals surface area contributed by atoms with Gasteiger partial charge in [-0.15, -0.1) is 0 Å². The third kappa shape index (κ3) is 4.80. The fourth-order valence-corrected chi connectivity index (χ4v) is 4.56. The Hall–Kier alpha value is -0.140. The van der Waals surface area contributed by atoms with E-state index in [2.05, 4.69) is 0 Å². The maximum Gasteiger partial charge on any atom is 0.150 e. The standard InChI is InChI=1S/C9H19NO4S2/c1-15(11,12)5-2-3-9(10)8-4-6-16(13,14)7-8/h8-9H,2-7,10H2,1H3. The van der Waals surface area contributed by atoms with Crippen molar-refractivity contribution in [2.75, 3.05) is 23.5 Å². The Kier molecular flexibility index (Phi) is 4.36. The lowest BCUT2D eigenvalue weighted by atomic mass is 9.96. The Morgan fingerprint density at radius 1 is 1.44 bits per heavy atom. The molecular formula is C9H19NO4S2. The molecule has 0 spiro atoms. The summed E-state index contributed by atoms with van der Waals surface area (Å²) in [5, 5.41) is 0. The van der Waals surface area contributed by atoms with E-state index in [1.165, 1.54) is 6.26 Å². The molecule has 16 heavy (non-hydrogen) atoms. The Bertz CT molecular complexity index is 426. The highest BCUT2D eigenvalue weighted by Gasteiger charge is 2.31. The van der Waals surface area contributed by atoms with E-state index in [4.69, 9.17) is 5.73 Å². The second kappa shape index (κ2) is 5.01. The summed E-state index contributed by atoms with van der Waals surface area (Å²) in [4.78, 5) is 0. The Morgan fingerprint density at radius 3 is 2.50 bits per heavy atom. The van der Waals surface area contributed by atoms with Gasteiger partial charge in [-0.1, -0.05) is 0 Å². The van der Waals surface area contributed by atoms with E-state index in [1.54, 1.807) is 0 Å². The first kappa shape index (κ1) is 13.9. The Balaban J connectivity index is 2.34. The van der Waals surface area contributed by atoms with Gasteiger partial charge in [0, 0.05) is 18.1 Å². The smallest absolute Gasteiger partial charge is 0.150 e. The lowest BCUT2D eigenvalue weighted by Gasteiger charge is -2.17. The summed E-state index contributed by atoms with van der Waals surface area (Å²) in [5.74, 6) is 0.509. The lowest BCUT2D eigenvalue weighted by Crippen LogP contribution is -2.31. The SMILES string of the molecule is CS(=O)(=O)CCCC(N)C1CCS(=O)(=O)C1. The van der Waals surface area contributed by atoms with Crippen LogP contribution in [0.15, 0.2) is 0 Å². The van der Waals surface area contributed by atoms with Crippen molar-refractivity contribution in [2.45, 2.75) is 25.3 Å². The molecule has 1 saturated heterocycles. The van der Waals surface area contributed by atoms with Crippen molar-refractivity contribution in [1.29, 1.82) is 0 Å². The topological polar surface area (TPSA) is 94.3 Å². The predicted octanol–water partition coefficient (Wildman–Crippen LogP) is -0.427. The van der Waals surface area contributed by atoms with Gasteiger partial charge in [0.25, 0.3) is 0 Å². The number of rotatable bonds is 5. The number of hydrogen-bond acceptors (Lipinski definition) is 5. The molecule has 0 radical (unpaired) electrons. The maximum absolute atomic E-state index is 11.2. The first-order chi connectivity index (χ1) is 7.20. The van der Waals surface area contributed by atoms with Gasteiger partial charge in [-0.25, -0.2) is 16.8 Å². The number of sulfone groups is 2. The molecule has 1 fully saturated rings. The Morgan fingerprint density at radius 2 is 2.06 bits per heavy atom. The fourth-order valence-electron chi connectivity index (χ4n) is 1.98. The average molecular weight is 269 g/mol. The molecule has 0 aromatic carbocycles. The van der Waals surface area contributed by atoms with Gasteiger partial charge in [-0.05, 0) is 25.2 Å². The Labute approximate surface area is 97.2 Å². The molecule has 0 aromatic heterocycles. The molecule has 1 rings (SSSR count). The highest BCUT2D eigenvalue weighted by Crippen LogP contribution is 2.22. The van der Waals surface area contributed by atoms with Gasteiger partial charge in [0.2, 0.25) is 0 Å². The van der Waals surface area contributed by atoms with E-state index >= 15 is 0 Å². The average Bonchev–Trinajstić information content (AvgIpc) is 2.43. The van der Waals surface area contributed by atoms with E-state index in [-0.39, 0.29) is 29.2 Å². The molecule has 2 N–H and O–H groups in total. The second-order valence-corrected chi connectivity index (χ2v) is 9.09. The zero-order valence-electron chi connectivity index (χ0n) is 9.42. The van der Waals surface area contributed by atoms with Crippen LogP contribution in [0.2, 0.25) is 0 Å². The molecule has 96 valence electrons. The molecule has 0 saturated carbocycles. The minimum absolute atomic E-state index is 0.00422. The molecule has 0 bridgehead atoms. The summed E-state index contributed by atoms with van der Waals surface area (Å²) >= 11 is 0. The van der Waals surface area contributed by atoms with Gasteiger partial charge in [0.1, 0.15) is 9.84 Å². The molecule has 2 atom stereocenters. The molecule has 1 aliphatic heterocycles. The van der Waals surface area contributed by atoms with E-state index in [9.17, 15) is 16.8 Å². The third-order valence-corrected chi connectivity index (χ3v) is 5.75. The fraction of sp³-hybridized carbons (Fsp3) is 1.00. The maximum atomic E-state index is 11.2. The van der Waals surface area contributed by atoms with E-state index < -0.39 is 19.7 Å². The minimum Gasteiger partial charge on any atom is -0.327 e. The number of nitrogens with two attached hydrogens (primary N) is 1. The molecule has 1 heterocycles. The van der Waals surface area contributed by atoms with Gasteiger partial charge >= 0.3 is 0 Å². The van der Waals surface area contributed by atoms with Crippen molar-refractivity contribution in [3.8, 4) is 0 Å². The first-order valence-electron chi connectivity index (χ1n) is 5.33. The van der Waals surface area contributed by atoms with Gasteiger partial charge < -0.3 is 5.73 Å². The third-order valence-electron chi connectivity index (χ3n) is 2.93. The van der Waals surface area contributed by atoms with Crippen LogP contribution in [0, 0.1) is 5.92 Å². The molecule has 0 amide bonds. The molecule has 7 heteroatoms. The van der Waals surface area contributed by atoms with E-state index in [1.807, 2.05) is 0 Å². The minimum atomic E-state index is -2.94. The van der Waals surface area contributed by atoms with Crippen LogP contribution in [0.25, 0.3) is 0 Å². The molecule has 0 aromatic rings. The van der Waals surface area contributed by atoms with Crippen LogP contribution < -0.4 is 5.73 Å². The van der Waals surface area contributed by atoms with Crippen LogP contribution in [-0.2, 0) is 19.7 Å². The highest BCUT2D eigenvalue weighted by atomic mass is 32.2. The van der Waals surface area contributed by atoms with Crippen LogP contribution in [-0.4, -0.2) is 46.4 Å². The van der Waals surface area contributed by atoms with E-state index in [0.29, 0.717) is 19.3 Å². The van der Waals surface area contributed by atoms with Crippen molar-refractivity contribution >= 4 is 19.7 Å². The van der Waals surface area contributed by atoms with Crippen LogP contribution in [0.4, 0.5) is 0 Å². The molecule has 5 nitrogen and oxygen atoms in total. The van der Waals surface area contributed by atoms with E-state index in [0.717, 1.165) is 0 Å². The quantitative estimate of drug-likeness (QED) is 0.731. The highest BCUT2D eigenvalue weighted by molar-refractivity contribution is 7.91. The zero-order valence-corrected chi connectivity index (χ0v) is 11.1. The predicted molar refractivity (Wildman–Crippen MR) is 63.7 cm³/mol. The summed E-state index contributed by atoms with van der Waals surface area (Å²) in [5.41, 5.74) is 5.87. The largest absolute Gasteiger partial charge is 0.327 e. The first-order valence-corrected chi connectivity index (χ1v) is 9.21. The van der Waals surface area contributed by atoms with Crippen molar-refractivity contribution in [3.63, 3.8) is 0 Å². The number of hydrogen-bond donors (Lipinski definition) is 1. The van der Waals surface area contributed by atoms with Crippen molar-refractivity contribution in [2.24, 2.45) is 11.7 Å². The van der Waals surface area contributed by atoms with Gasteiger partial charge in [-0.2, -0.15) is 0 Å². The van der Waals surface area contributed by atoms with Crippen LogP contribution >= 0.6 is 0 Å². The molecule has 1 aliphatic rings. The van der Waals surface area contributed by atoms with Gasteiger partial charge in [-0.3, -0.25) is 0 Å². The second-order valence-electron chi connectivity index (χ2n) is 4.60. The summed E-state index contributed by atoms with van der Waals surface area (Å²) in [7, 11) is -5.83. The van der Waals surface area contributed by atoms with Gasteiger partial charge in [0.15, 0.2) is 9.84 Å². The summed E-state index contributed by atoms with van der Waals surface area (Å²) in [6.45, 7) is 0. The van der Waals surface area contributed by atoms with Crippen molar-refractivity contribution < 1.29 is 16.8 Å². The van der Waals surface area contributed by atoms with Crippen LogP contribution in [0.1, 0.15) is 19.3 Å². The van der Waals surface area contributed by atoms with Gasteiger partial charge in [0.05, 0.1) is 11.5 Å². The molecule has 2 unspecified atom stereocenters. The normalized spacial score (nSPS) is 26.8. The zero-order chi connectivity index (χ0) is 12.4. The molecule has 0 aliphatic carbocycles. The summed E-state index contributed by atoms with van der Waals surface area (Å²) < 4.78 is 44.3. The summed E-state index contributed by atoms with van der Waals surface area (Å²) in [6, 6.07) is -0.195. The summed E-state index contributed by atoms with van der Waals surface area (Å²) in [6.07, 6.45) is 2.89. The lowest BCUT2D eigenvalue weighted by molar-refractivity contribution is 0.435. The monoisotopic (exact) mass is 269 g/mol. The van der Waals surface area contributed by atoms with Crippen molar-refractivity contribution in [1.82, 2.24) is 0 Å². The van der Waals surface area contributed by atoms with Crippen LogP contribution in [0.3, 0.4) is 0 Å². The van der Waals surface area contributed by atoms with Crippen molar-refractivity contribution in [3.05, 3.63) is 0 Å². The van der Waals surface area contributed by atoms with Crippen LogP contribution in [0.5, 0.6) is 0 Å². The molecular weight excluding hydrogens is 250 g/mol.